The number of benzene rings is 3. The second kappa shape index (κ2) is 7.77. The molecule has 3 heteroatoms. The second-order valence-corrected chi connectivity index (χ2v) is 5.55. The lowest BCUT2D eigenvalue weighted by Crippen LogP contribution is -2.46. The van der Waals surface area contributed by atoms with Gasteiger partial charge in [0, 0.05) is 6.61 Å². The van der Waals surface area contributed by atoms with E-state index in [0.717, 1.165) is 16.5 Å². The predicted molar refractivity (Wildman–Crippen MR) is 97.2 cm³/mol. The first-order valence-electron chi connectivity index (χ1n) is 7.86. The second-order valence-electron chi connectivity index (χ2n) is 5.55. The highest BCUT2D eigenvalue weighted by Crippen LogP contribution is 2.10. The van der Waals surface area contributed by atoms with E-state index in [2.05, 4.69) is 24.3 Å². The van der Waals surface area contributed by atoms with Gasteiger partial charge < -0.3 is 10.4 Å². The molecule has 0 heterocycles. The summed E-state index contributed by atoms with van der Waals surface area (Å²) >= 11 is 0. The van der Waals surface area contributed by atoms with Crippen molar-refractivity contribution in [2.75, 3.05) is 6.61 Å². The summed E-state index contributed by atoms with van der Waals surface area (Å²) in [7, 11) is 0. The van der Waals surface area contributed by atoms with Crippen molar-refractivity contribution in [3.63, 3.8) is 0 Å². The van der Waals surface area contributed by atoms with Gasteiger partial charge in [-0.3, -0.25) is 0 Å². The topological polar surface area (TPSA) is 35.2 Å². The lowest BCUT2D eigenvalue weighted by molar-refractivity contribution is 0.303. The zero-order valence-electron chi connectivity index (χ0n) is 13.0. The maximum absolute atomic E-state index is 6.27. The summed E-state index contributed by atoms with van der Waals surface area (Å²) in [5.74, 6) is 0. The summed E-state index contributed by atoms with van der Waals surface area (Å²) in [6, 6.07) is 30.5. The fourth-order valence-corrected chi connectivity index (χ4v) is 2.64. The minimum atomic E-state index is -0.133. The summed E-state index contributed by atoms with van der Waals surface area (Å²) in [6.45, 7) is 0.366. The molecule has 3 aromatic rings. The molecule has 0 aliphatic rings. The van der Waals surface area contributed by atoms with Crippen LogP contribution < -0.4 is 16.7 Å². The Bertz CT molecular complexity index is 664. The van der Waals surface area contributed by atoms with E-state index in [1.54, 1.807) is 0 Å². The fraction of sp³-hybridized carbons (Fsp3) is 0.100. The Morgan fingerprint density at radius 2 is 1.13 bits per heavy atom. The Morgan fingerprint density at radius 3 is 1.61 bits per heavy atom. The minimum absolute atomic E-state index is 0.104. The van der Waals surface area contributed by atoms with E-state index >= 15 is 0 Å². The quantitative estimate of drug-likeness (QED) is 0.710. The summed E-state index contributed by atoms with van der Waals surface area (Å²) in [6.07, 6.45) is 0. The predicted octanol–water partition coefficient (Wildman–Crippen LogP) is 2.51. The van der Waals surface area contributed by atoms with Crippen molar-refractivity contribution in [2.45, 2.75) is 6.04 Å². The largest absolute Gasteiger partial charge is 0.425 e. The van der Waals surface area contributed by atoms with Crippen LogP contribution in [0.15, 0.2) is 91.0 Å². The molecular formula is C20H20BNO. The molecule has 0 radical (unpaired) electrons. The third kappa shape index (κ3) is 4.10. The van der Waals surface area contributed by atoms with Crippen LogP contribution in [0.25, 0.3) is 0 Å². The molecule has 1 unspecified atom stereocenters. The van der Waals surface area contributed by atoms with Gasteiger partial charge in [-0.05, 0) is 16.5 Å². The molecule has 0 saturated carbocycles. The maximum Gasteiger partial charge on any atom is 0.361 e. The van der Waals surface area contributed by atoms with Crippen LogP contribution >= 0.6 is 0 Å². The van der Waals surface area contributed by atoms with Crippen molar-refractivity contribution in [1.29, 1.82) is 0 Å². The van der Waals surface area contributed by atoms with Crippen LogP contribution in [0.5, 0.6) is 0 Å². The third-order valence-corrected chi connectivity index (χ3v) is 3.87. The molecule has 0 bridgehead atoms. The molecule has 3 aromatic carbocycles. The molecule has 0 aliphatic carbocycles. The molecule has 2 N–H and O–H groups in total. The van der Waals surface area contributed by atoms with Crippen LogP contribution in [0.3, 0.4) is 0 Å². The standard InChI is InChI=1S/C20H20BNO/c22-20(17-10-4-1-5-11-17)16-23-21(18-12-6-2-7-13-18)19-14-8-3-9-15-19/h1-15,20H,16,22H2. The van der Waals surface area contributed by atoms with Crippen molar-refractivity contribution in [2.24, 2.45) is 5.73 Å². The average Bonchev–Trinajstić information content (AvgIpc) is 2.64. The summed E-state index contributed by atoms with van der Waals surface area (Å²) < 4.78 is 6.21. The van der Waals surface area contributed by atoms with Gasteiger partial charge in [-0.25, -0.2) is 0 Å². The Kier molecular flexibility index (Phi) is 5.25. The molecular weight excluding hydrogens is 281 g/mol. The van der Waals surface area contributed by atoms with Crippen LogP contribution in [0.1, 0.15) is 11.6 Å². The van der Waals surface area contributed by atoms with Gasteiger partial charge in [0.25, 0.3) is 0 Å². The van der Waals surface area contributed by atoms with Gasteiger partial charge in [0.1, 0.15) is 0 Å². The van der Waals surface area contributed by atoms with Crippen molar-refractivity contribution in [3.8, 4) is 0 Å². The van der Waals surface area contributed by atoms with Gasteiger partial charge in [-0.2, -0.15) is 0 Å². The average molecular weight is 301 g/mol. The molecule has 0 aromatic heterocycles. The monoisotopic (exact) mass is 301 g/mol. The Labute approximate surface area is 138 Å². The summed E-state index contributed by atoms with van der Waals surface area (Å²) in [5, 5.41) is 0. The molecule has 23 heavy (non-hydrogen) atoms. The number of rotatable bonds is 6. The highest BCUT2D eigenvalue weighted by molar-refractivity contribution is 6.80. The van der Waals surface area contributed by atoms with Crippen molar-refractivity contribution in [1.82, 2.24) is 0 Å². The first-order chi connectivity index (χ1) is 11.3. The molecule has 0 saturated heterocycles. The van der Waals surface area contributed by atoms with Crippen LogP contribution in [0, 0.1) is 0 Å². The third-order valence-electron chi connectivity index (χ3n) is 3.87. The van der Waals surface area contributed by atoms with Crippen LogP contribution in [-0.4, -0.2) is 13.5 Å². The minimum Gasteiger partial charge on any atom is -0.425 e. The van der Waals surface area contributed by atoms with Gasteiger partial charge in [-0.1, -0.05) is 91.0 Å². The van der Waals surface area contributed by atoms with E-state index < -0.39 is 0 Å². The highest BCUT2D eigenvalue weighted by Gasteiger charge is 2.22. The lowest BCUT2D eigenvalue weighted by atomic mass is 9.55. The smallest absolute Gasteiger partial charge is 0.361 e. The zero-order valence-corrected chi connectivity index (χ0v) is 13.0. The highest BCUT2D eigenvalue weighted by atomic mass is 16.4. The van der Waals surface area contributed by atoms with Crippen LogP contribution in [0.2, 0.25) is 0 Å². The van der Waals surface area contributed by atoms with Gasteiger partial charge in [-0.15, -0.1) is 0 Å². The van der Waals surface area contributed by atoms with Crippen LogP contribution in [-0.2, 0) is 4.65 Å². The first-order valence-corrected chi connectivity index (χ1v) is 7.86. The Balaban J connectivity index is 1.77. The molecule has 1 atom stereocenters. The molecule has 2 nitrogen and oxygen atoms in total. The summed E-state index contributed by atoms with van der Waals surface area (Å²) in [5.41, 5.74) is 9.64. The number of hydrogen-bond donors (Lipinski definition) is 1. The molecule has 3 rings (SSSR count). The van der Waals surface area contributed by atoms with Gasteiger partial charge in [0.15, 0.2) is 0 Å². The maximum atomic E-state index is 6.27. The van der Waals surface area contributed by atoms with E-state index in [1.807, 2.05) is 66.7 Å². The summed E-state index contributed by atoms with van der Waals surface area (Å²) in [4.78, 5) is 0. The fourth-order valence-electron chi connectivity index (χ4n) is 2.64. The lowest BCUT2D eigenvalue weighted by Gasteiger charge is -2.19. The van der Waals surface area contributed by atoms with Gasteiger partial charge in [0.2, 0.25) is 0 Å². The molecule has 0 aliphatic heterocycles. The number of hydrogen-bond acceptors (Lipinski definition) is 2. The SMILES string of the molecule is NC(COB(c1ccccc1)c1ccccc1)c1ccccc1. The van der Waals surface area contributed by atoms with Crippen molar-refractivity contribution in [3.05, 3.63) is 96.6 Å². The van der Waals surface area contributed by atoms with E-state index in [-0.39, 0.29) is 13.0 Å². The van der Waals surface area contributed by atoms with E-state index in [4.69, 9.17) is 10.4 Å². The van der Waals surface area contributed by atoms with Gasteiger partial charge in [0.05, 0.1) is 6.04 Å². The van der Waals surface area contributed by atoms with Crippen molar-refractivity contribution >= 4 is 17.8 Å². The zero-order chi connectivity index (χ0) is 15.9. The first kappa shape index (κ1) is 15.5. The normalized spacial score (nSPS) is 11.9. The van der Waals surface area contributed by atoms with Crippen molar-refractivity contribution < 1.29 is 4.65 Å². The van der Waals surface area contributed by atoms with E-state index in [1.165, 1.54) is 0 Å². The molecule has 0 amide bonds. The number of nitrogens with two attached hydrogens (primary N) is 1. The van der Waals surface area contributed by atoms with E-state index in [9.17, 15) is 0 Å². The molecule has 114 valence electrons. The van der Waals surface area contributed by atoms with Crippen LogP contribution in [0.4, 0.5) is 0 Å². The Hall–Kier alpha value is -2.36. The molecule has 0 spiro atoms. The van der Waals surface area contributed by atoms with Gasteiger partial charge >= 0.3 is 6.92 Å². The van der Waals surface area contributed by atoms with E-state index in [0.29, 0.717) is 6.61 Å². The molecule has 0 fully saturated rings. The Morgan fingerprint density at radius 1 is 0.696 bits per heavy atom.